The lowest BCUT2D eigenvalue weighted by Crippen LogP contribution is -2.37. The Morgan fingerprint density at radius 2 is 1.96 bits per heavy atom. The lowest BCUT2D eigenvalue weighted by atomic mass is 10.1. The molecule has 2 rings (SSSR count). The first-order valence-electron chi connectivity index (χ1n) is 9.24. The van der Waals surface area contributed by atoms with E-state index in [2.05, 4.69) is 53.7 Å². The Morgan fingerprint density at radius 3 is 2.59 bits per heavy atom. The second-order valence-corrected chi connectivity index (χ2v) is 6.09. The van der Waals surface area contributed by atoms with E-state index in [4.69, 9.17) is 9.26 Å². The van der Waals surface area contributed by atoms with Crippen LogP contribution >= 0.6 is 24.0 Å². The van der Waals surface area contributed by atoms with Gasteiger partial charge in [0.15, 0.2) is 5.96 Å². The van der Waals surface area contributed by atoms with Crippen molar-refractivity contribution in [2.75, 3.05) is 13.7 Å². The molecule has 1 heterocycles. The smallest absolute Gasteiger partial charge is 0.191 e. The van der Waals surface area contributed by atoms with E-state index in [0.717, 1.165) is 59.2 Å². The molecule has 0 spiro atoms. The van der Waals surface area contributed by atoms with Gasteiger partial charge < -0.3 is 19.9 Å². The fraction of sp³-hybridized carbons (Fsp3) is 0.500. The normalized spacial score (nSPS) is 11.1. The van der Waals surface area contributed by atoms with E-state index < -0.39 is 0 Å². The average Bonchev–Trinajstić information content (AvgIpc) is 3.07. The summed E-state index contributed by atoms with van der Waals surface area (Å²) >= 11 is 0. The number of guanidine groups is 1. The van der Waals surface area contributed by atoms with Crippen LogP contribution in [0.25, 0.3) is 0 Å². The summed E-state index contributed by atoms with van der Waals surface area (Å²) in [6.45, 7) is 10.3. The highest BCUT2D eigenvalue weighted by Gasteiger charge is 2.13. The molecule has 0 radical (unpaired) electrons. The number of nitrogens with one attached hydrogen (secondary N) is 2. The first kappa shape index (κ1) is 23.3. The molecule has 2 N–H and O–H groups in total. The number of ether oxygens (including phenoxy) is 1. The van der Waals surface area contributed by atoms with E-state index in [0.29, 0.717) is 13.1 Å². The van der Waals surface area contributed by atoms with Crippen molar-refractivity contribution < 1.29 is 9.26 Å². The minimum Gasteiger partial charge on any atom is -0.496 e. The van der Waals surface area contributed by atoms with Crippen LogP contribution in [0.15, 0.2) is 27.7 Å². The van der Waals surface area contributed by atoms with Crippen LogP contribution in [0.2, 0.25) is 0 Å². The van der Waals surface area contributed by atoms with Gasteiger partial charge in [0.05, 0.1) is 19.3 Å². The Morgan fingerprint density at radius 1 is 1.19 bits per heavy atom. The molecule has 1 aromatic carbocycles. The summed E-state index contributed by atoms with van der Waals surface area (Å²) in [5, 5.41) is 10.8. The van der Waals surface area contributed by atoms with Gasteiger partial charge in [0, 0.05) is 25.1 Å². The van der Waals surface area contributed by atoms with Gasteiger partial charge in [-0.05, 0) is 37.5 Å². The zero-order valence-corrected chi connectivity index (χ0v) is 19.2. The molecule has 0 saturated carbocycles. The quantitative estimate of drug-likeness (QED) is 0.336. The zero-order valence-electron chi connectivity index (χ0n) is 16.9. The molecule has 7 heteroatoms. The molecule has 150 valence electrons. The van der Waals surface area contributed by atoms with Crippen LogP contribution in [-0.2, 0) is 25.9 Å². The van der Waals surface area contributed by atoms with Gasteiger partial charge in [-0.3, -0.25) is 0 Å². The second-order valence-electron chi connectivity index (χ2n) is 6.09. The Bertz CT molecular complexity index is 722. The molecule has 0 bridgehead atoms. The van der Waals surface area contributed by atoms with Gasteiger partial charge in [0.1, 0.15) is 11.5 Å². The van der Waals surface area contributed by atoms with Crippen LogP contribution in [0, 0.1) is 6.92 Å². The summed E-state index contributed by atoms with van der Waals surface area (Å²) in [6, 6.07) is 6.17. The molecule has 1 aromatic heterocycles. The zero-order chi connectivity index (χ0) is 18.9. The fourth-order valence-corrected chi connectivity index (χ4v) is 2.78. The van der Waals surface area contributed by atoms with Crippen LogP contribution in [0.5, 0.6) is 5.75 Å². The molecule has 0 saturated heterocycles. The third kappa shape index (κ3) is 6.41. The number of aliphatic imine (C=N–C) groups is 1. The average molecular weight is 486 g/mol. The predicted molar refractivity (Wildman–Crippen MR) is 120 cm³/mol. The van der Waals surface area contributed by atoms with Crippen LogP contribution in [0.1, 0.15) is 48.9 Å². The summed E-state index contributed by atoms with van der Waals surface area (Å²) < 4.78 is 10.8. The van der Waals surface area contributed by atoms with Gasteiger partial charge in [-0.25, -0.2) is 4.99 Å². The number of aryl methyl sites for hydroxylation is 3. The van der Waals surface area contributed by atoms with Gasteiger partial charge in [0.25, 0.3) is 0 Å². The molecular formula is C20H31IN4O2. The maximum absolute atomic E-state index is 5.43. The van der Waals surface area contributed by atoms with Gasteiger partial charge in [-0.2, -0.15) is 0 Å². The Labute approximate surface area is 179 Å². The molecule has 0 amide bonds. The minimum absolute atomic E-state index is 0. The first-order valence-corrected chi connectivity index (χ1v) is 9.24. The third-order valence-corrected chi connectivity index (χ3v) is 4.28. The Hall–Kier alpha value is -1.77. The van der Waals surface area contributed by atoms with Crippen molar-refractivity contribution in [3.63, 3.8) is 0 Å². The van der Waals surface area contributed by atoms with E-state index in [-0.39, 0.29) is 24.0 Å². The van der Waals surface area contributed by atoms with Crippen molar-refractivity contribution in [1.82, 2.24) is 15.8 Å². The molecule has 27 heavy (non-hydrogen) atoms. The highest BCUT2D eigenvalue weighted by Crippen LogP contribution is 2.19. The number of nitrogens with zero attached hydrogens (tertiary/aromatic N) is 2. The fourth-order valence-electron chi connectivity index (χ4n) is 2.78. The molecular weight excluding hydrogens is 455 g/mol. The highest BCUT2D eigenvalue weighted by atomic mass is 127. The number of hydrogen-bond donors (Lipinski definition) is 2. The number of methoxy groups -OCH3 is 1. The SMILES string of the molecule is CCNC(=NCc1ccc(C)c(OC)c1)NCc1c(CC)noc1CC.I. The first-order chi connectivity index (χ1) is 12.6. The highest BCUT2D eigenvalue weighted by molar-refractivity contribution is 14.0. The molecule has 0 unspecified atom stereocenters. The van der Waals surface area contributed by atoms with Crippen molar-refractivity contribution in [1.29, 1.82) is 0 Å². The Kier molecular flexibility index (Phi) is 10.2. The van der Waals surface area contributed by atoms with Crippen LogP contribution in [0.4, 0.5) is 0 Å². The monoisotopic (exact) mass is 486 g/mol. The summed E-state index contributed by atoms with van der Waals surface area (Å²) in [5.74, 6) is 2.60. The molecule has 2 aromatic rings. The molecule has 0 aliphatic carbocycles. The van der Waals surface area contributed by atoms with Crippen molar-refractivity contribution in [3.05, 3.63) is 46.3 Å². The van der Waals surface area contributed by atoms with Crippen LogP contribution < -0.4 is 15.4 Å². The maximum atomic E-state index is 5.43. The predicted octanol–water partition coefficient (Wildman–Crippen LogP) is 3.99. The molecule has 0 atom stereocenters. The molecule has 0 fully saturated rings. The third-order valence-electron chi connectivity index (χ3n) is 4.28. The van der Waals surface area contributed by atoms with Gasteiger partial charge >= 0.3 is 0 Å². The molecule has 0 aliphatic heterocycles. The summed E-state index contributed by atoms with van der Waals surface area (Å²) in [4.78, 5) is 4.69. The van der Waals surface area contributed by atoms with E-state index in [1.165, 1.54) is 0 Å². The van der Waals surface area contributed by atoms with Crippen molar-refractivity contribution in [2.45, 2.75) is 53.6 Å². The summed E-state index contributed by atoms with van der Waals surface area (Å²) in [7, 11) is 1.69. The topological polar surface area (TPSA) is 71.7 Å². The number of hydrogen-bond acceptors (Lipinski definition) is 4. The largest absolute Gasteiger partial charge is 0.496 e. The summed E-state index contributed by atoms with van der Waals surface area (Å²) in [5.41, 5.74) is 4.38. The lowest BCUT2D eigenvalue weighted by Gasteiger charge is -2.12. The van der Waals surface area contributed by atoms with E-state index in [1.54, 1.807) is 7.11 Å². The van der Waals surface area contributed by atoms with Gasteiger partial charge in [-0.1, -0.05) is 31.1 Å². The standard InChI is InChI=1S/C20H30N4O2.HI/c1-6-17-16(18(7-2)26-24-17)13-23-20(21-8-3)22-12-15-10-9-14(4)19(11-15)25-5;/h9-11H,6-8,12-13H2,1-5H3,(H2,21,22,23);1H. The minimum atomic E-state index is 0. The molecule has 6 nitrogen and oxygen atoms in total. The van der Waals surface area contributed by atoms with Gasteiger partial charge in [0.2, 0.25) is 0 Å². The van der Waals surface area contributed by atoms with Crippen molar-refractivity contribution in [2.24, 2.45) is 4.99 Å². The van der Waals surface area contributed by atoms with E-state index in [1.807, 2.05) is 13.0 Å². The lowest BCUT2D eigenvalue weighted by molar-refractivity contribution is 0.380. The number of halogens is 1. The second kappa shape index (κ2) is 11.8. The number of aromatic nitrogens is 1. The van der Waals surface area contributed by atoms with Crippen molar-refractivity contribution in [3.8, 4) is 5.75 Å². The maximum Gasteiger partial charge on any atom is 0.191 e. The number of rotatable bonds is 8. The van der Waals surface area contributed by atoms with Crippen molar-refractivity contribution >= 4 is 29.9 Å². The van der Waals surface area contributed by atoms with Crippen LogP contribution in [0.3, 0.4) is 0 Å². The van der Waals surface area contributed by atoms with Crippen LogP contribution in [-0.4, -0.2) is 24.8 Å². The molecule has 0 aliphatic rings. The van der Waals surface area contributed by atoms with E-state index >= 15 is 0 Å². The Balaban J connectivity index is 0.00000364. The number of benzene rings is 1. The van der Waals surface area contributed by atoms with E-state index in [9.17, 15) is 0 Å². The summed E-state index contributed by atoms with van der Waals surface area (Å²) in [6.07, 6.45) is 1.69. The van der Waals surface area contributed by atoms with Gasteiger partial charge in [-0.15, -0.1) is 24.0 Å².